The van der Waals surface area contributed by atoms with Crippen molar-refractivity contribution in [2.24, 2.45) is 5.73 Å². The molecule has 1 saturated heterocycles. The van der Waals surface area contributed by atoms with Crippen molar-refractivity contribution < 1.29 is 13.2 Å². The van der Waals surface area contributed by atoms with Crippen LogP contribution in [0.15, 0.2) is 59.5 Å². The van der Waals surface area contributed by atoms with Gasteiger partial charge in [0.05, 0.1) is 4.90 Å². The second-order valence-corrected chi connectivity index (χ2v) is 8.26. The maximum Gasteiger partial charge on any atom is 0.248 e. The third-order valence-corrected chi connectivity index (χ3v) is 6.14. The summed E-state index contributed by atoms with van der Waals surface area (Å²) in [4.78, 5) is 13.6. The summed E-state index contributed by atoms with van der Waals surface area (Å²) in [7, 11) is -3.60. The summed E-state index contributed by atoms with van der Waals surface area (Å²) in [6, 6.07) is 15.9. The van der Waals surface area contributed by atoms with Crippen LogP contribution in [-0.4, -0.2) is 38.4 Å². The first-order valence-electron chi connectivity index (χ1n) is 8.62. The van der Waals surface area contributed by atoms with Gasteiger partial charge in [-0.05, 0) is 42.7 Å². The van der Waals surface area contributed by atoms with Gasteiger partial charge in [-0.2, -0.15) is 0 Å². The van der Waals surface area contributed by atoms with Crippen molar-refractivity contribution in [1.82, 2.24) is 9.62 Å². The molecule has 0 unspecified atom stereocenters. The largest absolute Gasteiger partial charge is 0.366 e. The number of nitrogens with zero attached hydrogens (tertiary/aromatic N) is 1. The minimum Gasteiger partial charge on any atom is -0.366 e. The molecule has 1 heterocycles. The van der Waals surface area contributed by atoms with Gasteiger partial charge in [0.25, 0.3) is 0 Å². The monoisotopic (exact) mass is 409 g/mol. The summed E-state index contributed by atoms with van der Waals surface area (Å²) < 4.78 is 27.8. The van der Waals surface area contributed by atoms with Gasteiger partial charge in [0.2, 0.25) is 15.9 Å². The first-order valence-corrected chi connectivity index (χ1v) is 10.1. The number of carbonyl (C=O) groups is 1. The quantitative estimate of drug-likeness (QED) is 0.764. The Labute approximate surface area is 166 Å². The molecule has 146 valence electrons. The zero-order valence-electron chi connectivity index (χ0n) is 14.9. The van der Waals surface area contributed by atoms with Crippen LogP contribution in [0.5, 0.6) is 0 Å². The van der Waals surface area contributed by atoms with Gasteiger partial charge in [-0.15, -0.1) is 12.4 Å². The lowest BCUT2D eigenvalue weighted by Gasteiger charge is -2.32. The summed E-state index contributed by atoms with van der Waals surface area (Å²) in [5.41, 5.74) is 6.74. The number of piperidine rings is 1. The lowest BCUT2D eigenvalue weighted by atomic mass is 10.1. The van der Waals surface area contributed by atoms with Crippen molar-refractivity contribution in [2.45, 2.75) is 30.3 Å². The Balaban J connectivity index is 0.00000261. The number of hydrogen-bond donors (Lipinski definition) is 2. The molecule has 8 heteroatoms. The van der Waals surface area contributed by atoms with Crippen molar-refractivity contribution in [2.75, 3.05) is 13.1 Å². The van der Waals surface area contributed by atoms with Crippen LogP contribution in [0.3, 0.4) is 0 Å². The topological polar surface area (TPSA) is 92.5 Å². The number of primary amides is 1. The van der Waals surface area contributed by atoms with Crippen LogP contribution >= 0.6 is 12.4 Å². The number of halogens is 1. The molecule has 0 saturated carbocycles. The maximum absolute atomic E-state index is 12.5. The summed E-state index contributed by atoms with van der Waals surface area (Å²) in [6.07, 6.45) is 1.54. The van der Waals surface area contributed by atoms with Crippen LogP contribution in [0, 0.1) is 0 Å². The van der Waals surface area contributed by atoms with E-state index in [9.17, 15) is 13.2 Å². The average Bonchev–Trinajstić information content (AvgIpc) is 2.64. The highest BCUT2D eigenvalue weighted by atomic mass is 35.5. The van der Waals surface area contributed by atoms with E-state index < -0.39 is 15.9 Å². The van der Waals surface area contributed by atoms with Crippen molar-refractivity contribution in [3.05, 3.63) is 65.7 Å². The molecule has 27 heavy (non-hydrogen) atoms. The summed E-state index contributed by atoms with van der Waals surface area (Å²) in [6.45, 7) is 2.58. The lowest BCUT2D eigenvalue weighted by molar-refractivity contribution is 0.1000. The molecule has 3 N–H and O–H groups in total. The highest BCUT2D eigenvalue weighted by Gasteiger charge is 2.24. The van der Waals surface area contributed by atoms with E-state index in [1.807, 2.05) is 18.2 Å². The van der Waals surface area contributed by atoms with Crippen LogP contribution in [0.1, 0.15) is 28.8 Å². The van der Waals surface area contributed by atoms with Gasteiger partial charge < -0.3 is 5.73 Å². The van der Waals surface area contributed by atoms with Gasteiger partial charge in [0.1, 0.15) is 0 Å². The lowest BCUT2D eigenvalue weighted by Crippen LogP contribution is -2.44. The molecule has 6 nitrogen and oxygen atoms in total. The maximum atomic E-state index is 12.5. The molecule has 0 aliphatic carbocycles. The Bertz CT molecular complexity index is 850. The fourth-order valence-electron chi connectivity index (χ4n) is 3.14. The number of amides is 1. The van der Waals surface area contributed by atoms with Gasteiger partial charge in [0.15, 0.2) is 0 Å². The number of benzene rings is 2. The molecular weight excluding hydrogens is 386 g/mol. The Morgan fingerprint density at radius 2 is 1.63 bits per heavy atom. The van der Waals surface area contributed by atoms with E-state index in [1.165, 1.54) is 29.8 Å². The van der Waals surface area contributed by atoms with Gasteiger partial charge in [0, 0.05) is 31.2 Å². The smallest absolute Gasteiger partial charge is 0.248 e. The summed E-state index contributed by atoms with van der Waals surface area (Å²) >= 11 is 0. The number of nitrogens with two attached hydrogens (primary N) is 1. The first-order chi connectivity index (χ1) is 12.4. The molecule has 1 aliphatic rings. The Kier molecular flexibility index (Phi) is 7.38. The summed E-state index contributed by atoms with van der Waals surface area (Å²) in [5.74, 6) is -0.576. The third kappa shape index (κ3) is 5.77. The standard InChI is InChI=1S/C19H23N3O3S.ClH/c20-19(23)16-6-8-18(9-7-16)26(24,25)21-17-10-12-22(13-11-17)14-15-4-2-1-3-5-15;/h1-9,17,21H,10-14H2,(H2,20,23);1H. The minimum atomic E-state index is -3.60. The van der Waals surface area contributed by atoms with E-state index in [0.717, 1.165) is 32.5 Å². The molecular formula is C19H24ClN3O3S. The Hall–Kier alpha value is -1.93. The second kappa shape index (κ2) is 9.32. The number of likely N-dealkylation sites (tertiary alicyclic amines) is 1. The van der Waals surface area contributed by atoms with Gasteiger partial charge in [-0.3, -0.25) is 9.69 Å². The molecule has 0 atom stereocenters. The third-order valence-electron chi connectivity index (χ3n) is 4.61. The molecule has 1 amide bonds. The van der Waals surface area contributed by atoms with E-state index >= 15 is 0 Å². The molecule has 1 fully saturated rings. The van der Waals surface area contributed by atoms with Gasteiger partial charge in [-0.1, -0.05) is 30.3 Å². The van der Waals surface area contributed by atoms with E-state index in [1.54, 1.807) is 0 Å². The Morgan fingerprint density at radius 1 is 1.04 bits per heavy atom. The SMILES string of the molecule is Cl.NC(=O)c1ccc(S(=O)(=O)NC2CCN(Cc3ccccc3)CC2)cc1. The molecule has 0 aromatic heterocycles. The molecule has 2 aromatic carbocycles. The van der Waals surface area contributed by atoms with Crippen molar-refractivity contribution >= 4 is 28.3 Å². The first kappa shape index (κ1) is 21.4. The minimum absolute atomic E-state index is 0. The average molecular weight is 410 g/mol. The Morgan fingerprint density at radius 3 is 2.19 bits per heavy atom. The predicted octanol–water partition coefficient (Wildman–Crippen LogP) is 2.15. The second-order valence-electron chi connectivity index (χ2n) is 6.55. The van der Waals surface area contributed by atoms with Gasteiger partial charge >= 0.3 is 0 Å². The van der Waals surface area contributed by atoms with Crippen LogP contribution in [0.4, 0.5) is 0 Å². The molecule has 2 aromatic rings. The number of hydrogen-bond acceptors (Lipinski definition) is 4. The van der Waals surface area contributed by atoms with Crippen LogP contribution in [0.2, 0.25) is 0 Å². The highest BCUT2D eigenvalue weighted by molar-refractivity contribution is 7.89. The van der Waals surface area contributed by atoms with Crippen molar-refractivity contribution in [3.8, 4) is 0 Å². The highest BCUT2D eigenvalue weighted by Crippen LogP contribution is 2.17. The zero-order valence-corrected chi connectivity index (χ0v) is 16.5. The normalized spacial score (nSPS) is 15.9. The zero-order chi connectivity index (χ0) is 18.6. The number of nitrogens with one attached hydrogen (secondary N) is 1. The molecule has 0 bridgehead atoms. The van der Waals surface area contributed by atoms with Crippen molar-refractivity contribution in [3.63, 3.8) is 0 Å². The van der Waals surface area contributed by atoms with Crippen molar-refractivity contribution in [1.29, 1.82) is 0 Å². The summed E-state index contributed by atoms with van der Waals surface area (Å²) in [5, 5.41) is 0. The van der Waals surface area contributed by atoms with E-state index in [2.05, 4.69) is 21.8 Å². The number of rotatable bonds is 6. The van der Waals surface area contributed by atoms with E-state index in [4.69, 9.17) is 5.73 Å². The van der Waals surface area contributed by atoms with Crippen LogP contribution in [-0.2, 0) is 16.6 Å². The van der Waals surface area contributed by atoms with Crippen LogP contribution < -0.4 is 10.5 Å². The fourth-order valence-corrected chi connectivity index (χ4v) is 4.44. The van der Waals surface area contributed by atoms with Crippen LogP contribution in [0.25, 0.3) is 0 Å². The number of sulfonamides is 1. The molecule has 3 rings (SSSR count). The van der Waals surface area contributed by atoms with E-state index in [0.29, 0.717) is 0 Å². The predicted molar refractivity (Wildman–Crippen MR) is 107 cm³/mol. The van der Waals surface area contributed by atoms with Gasteiger partial charge in [-0.25, -0.2) is 13.1 Å². The number of carbonyl (C=O) groups excluding carboxylic acids is 1. The molecule has 0 radical (unpaired) electrons. The molecule has 0 spiro atoms. The molecule has 1 aliphatic heterocycles. The van der Waals surface area contributed by atoms with E-state index in [-0.39, 0.29) is 28.9 Å². The fraction of sp³-hybridized carbons (Fsp3) is 0.316.